The van der Waals surface area contributed by atoms with Crippen LogP contribution in [0, 0.1) is 0 Å². The maximum absolute atomic E-state index is 6.14. The molecule has 0 bridgehead atoms. The van der Waals surface area contributed by atoms with Gasteiger partial charge in [0, 0.05) is 0 Å². The summed E-state index contributed by atoms with van der Waals surface area (Å²) < 4.78 is 6.14. The minimum Gasteiger partial charge on any atom is -0.484 e. The number of hydrogen-bond donors (Lipinski definition) is 1. The Balaban J connectivity index is 1.90. The maximum Gasteiger partial charge on any atom is 0.140 e. The van der Waals surface area contributed by atoms with Gasteiger partial charge in [0.25, 0.3) is 0 Å². The van der Waals surface area contributed by atoms with E-state index in [1.54, 1.807) is 0 Å². The van der Waals surface area contributed by atoms with E-state index in [-0.39, 0.29) is 6.10 Å². The van der Waals surface area contributed by atoms with Crippen LogP contribution in [0.2, 0.25) is 0 Å². The van der Waals surface area contributed by atoms with Gasteiger partial charge in [-0.1, -0.05) is 42.5 Å². The minimum absolute atomic E-state index is 0.105. The summed E-state index contributed by atoms with van der Waals surface area (Å²) in [6.07, 6.45) is 1.14. The molecule has 3 rings (SSSR count). The van der Waals surface area contributed by atoms with Crippen LogP contribution in [-0.2, 0) is 6.42 Å². The Kier molecular flexibility index (Phi) is 3.03. The highest BCUT2D eigenvalue weighted by atomic mass is 16.5. The normalized spacial score (nSPS) is 21.6. The van der Waals surface area contributed by atoms with Gasteiger partial charge in [-0.05, 0) is 36.7 Å². The van der Waals surface area contributed by atoms with Crippen LogP contribution >= 0.6 is 0 Å². The van der Waals surface area contributed by atoms with Crippen molar-refractivity contribution >= 4 is 0 Å². The van der Waals surface area contributed by atoms with Crippen molar-refractivity contribution in [3.05, 3.63) is 65.7 Å². The second-order valence-corrected chi connectivity index (χ2v) is 4.65. The van der Waals surface area contributed by atoms with Gasteiger partial charge in [0.05, 0.1) is 6.04 Å². The summed E-state index contributed by atoms with van der Waals surface area (Å²) in [6.45, 7) is 0. The van der Waals surface area contributed by atoms with Gasteiger partial charge in [0.2, 0.25) is 0 Å². The van der Waals surface area contributed by atoms with Gasteiger partial charge in [-0.2, -0.15) is 0 Å². The van der Waals surface area contributed by atoms with Crippen LogP contribution in [0.25, 0.3) is 0 Å². The van der Waals surface area contributed by atoms with Crippen LogP contribution in [0.3, 0.4) is 0 Å². The number of ether oxygens (including phenoxy) is 1. The zero-order chi connectivity index (χ0) is 12.4. The molecule has 0 aromatic heterocycles. The van der Waals surface area contributed by atoms with Crippen molar-refractivity contribution in [3.8, 4) is 5.75 Å². The molecular formula is C16H17NO. The van der Waals surface area contributed by atoms with Crippen molar-refractivity contribution in [1.82, 2.24) is 5.32 Å². The summed E-state index contributed by atoms with van der Waals surface area (Å²) in [6, 6.07) is 18.9. The molecule has 2 aromatic carbocycles. The highest BCUT2D eigenvalue weighted by Gasteiger charge is 2.32. The molecule has 0 aliphatic heterocycles. The van der Waals surface area contributed by atoms with Crippen molar-refractivity contribution in [3.63, 3.8) is 0 Å². The largest absolute Gasteiger partial charge is 0.484 e. The summed E-state index contributed by atoms with van der Waals surface area (Å²) in [7, 11) is 2.00. The third-order valence-electron chi connectivity index (χ3n) is 3.54. The van der Waals surface area contributed by atoms with E-state index in [2.05, 4.69) is 29.6 Å². The molecule has 0 saturated heterocycles. The minimum atomic E-state index is 0.105. The number of nitrogens with one attached hydrogen (secondary N) is 1. The Bertz CT molecular complexity index is 524. The maximum atomic E-state index is 6.14. The van der Waals surface area contributed by atoms with Gasteiger partial charge in [0.15, 0.2) is 0 Å². The van der Waals surface area contributed by atoms with Gasteiger partial charge in [0.1, 0.15) is 11.9 Å². The van der Waals surface area contributed by atoms with Crippen molar-refractivity contribution in [1.29, 1.82) is 0 Å². The molecule has 1 aliphatic carbocycles. The van der Waals surface area contributed by atoms with E-state index in [1.165, 1.54) is 11.1 Å². The lowest BCUT2D eigenvalue weighted by Crippen LogP contribution is -2.32. The molecule has 2 heteroatoms. The lowest BCUT2D eigenvalue weighted by molar-refractivity contribution is 0.172. The van der Waals surface area contributed by atoms with Crippen molar-refractivity contribution in [2.24, 2.45) is 0 Å². The summed E-state index contributed by atoms with van der Waals surface area (Å²) in [4.78, 5) is 0. The Labute approximate surface area is 108 Å². The van der Waals surface area contributed by atoms with E-state index in [9.17, 15) is 0 Å². The summed E-state index contributed by atoms with van der Waals surface area (Å²) in [5.74, 6) is 0.930. The number of hydrogen-bond acceptors (Lipinski definition) is 2. The number of rotatable bonds is 3. The van der Waals surface area contributed by atoms with Gasteiger partial charge in [-0.15, -0.1) is 0 Å². The van der Waals surface area contributed by atoms with Crippen LogP contribution in [-0.4, -0.2) is 13.1 Å². The first-order valence-electron chi connectivity index (χ1n) is 6.35. The van der Waals surface area contributed by atoms with E-state index in [4.69, 9.17) is 4.74 Å². The Hall–Kier alpha value is -1.80. The molecule has 0 radical (unpaired) electrons. The fraction of sp³-hybridized carbons (Fsp3) is 0.250. The Morgan fingerprint density at radius 1 is 1.00 bits per heavy atom. The molecule has 2 atom stereocenters. The molecule has 0 unspecified atom stereocenters. The molecule has 0 amide bonds. The average Bonchev–Trinajstić information content (AvgIpc) is 2.78. The third kappa shape index (κ3) is 2.00. The molecule has 1 aliphatic rings. The zero-order valence-electron chi connectivity index (χ0n) is 10.5. The van der Waals surface area contributed by atoms with E-state index < -0.39 is 0 Å². The van der Waals surface area contributed by atoms with E-state index in [1.807, 2.05) is 37.4 Å². The van der Waals surface area contributed by atoms with Gasteiger partial charge in [-0.3, -0.25) is 0 Å². The monoisotopic (exact) mass is 239 g/mol. The molecular weight excluding hydrogens is 222 g/mol. The predicted molar refractivity (Wildman–Crippen MR) is 72.8 cm³/mol. The van der Waals surface area contributed by atoms with Crippen LogP contribution in [0.5, 0.6) is 5.75 Å². The van der Waals surface area contributed by atoms with Crippen LogP contribution in [0.1, 0.15) is 17.2 Å². The second kappa shape index (κ2) is 4.83. The van der Waals surface area contributed by atoms with Crippen molar-refractivity contribution < 1.29 is 4.74 Å². The average molecular weight is 239 g/mol. The Morgan fingerprint density at radius 2 is 1.72 bits per heavy atom. The van der Waals surface area contributed by atoms with Gasteiger partial charge in [-0.25, -0.2) is 0 Å². The van der Waals surface area contributed by atoms with E-state index >= 15 is 0 Å². The summed E-state index contributed by atoms with van der Waals surface area (Å²) in [5, 5.41) is 3.36. The molecule has 1 N–H and O–H groups in total. The lowest BCUT2D eigenvalue weighted by Gasteiger charge is -2.21. The summed E-state index contributed by atoms with van der Waals surface area (Å²) >= 11 is 0. The third-order valence-corrected chi connectivity index (χ3v) is 3.54. The number of benzene rings is 2. The number of likely N-dealkylation sites (N-methyl/N-ethyl adjacent to an activating group) is 1. The molecule has 0 heterocycles. The Morgan fingerprint density at radius 3 is 2.50 bits per heavy atom. The van der Waals surface area contributed by atoms with Crippen LogP contribution in [0.4, 0.5) is 0 Å². The molecule has 2 aromatic rings. The highest BCUT2D eigenvalue weighted by molar-refractivity contribution is 5.37. The van der Waals surface area contributed by atoms with E-state index in [0.717, 1.165) is 12.2 Å². The molecule has 18 heavy (non-hydrogen) atoms. The van der Waals surface area contributed by atoms with Crippen molar-refractivity contribution in [2.45, 2.75) is 18.6 Å². The van der Waals surface area contributed by atoms with Crippen LogP contribution in [0.15, 0.2) is 54.6 Å². The molecule has 92 valence electrons. The molecule has 0 spiro atoms. The lowest BCUT2D eigenvalue weighted by atomic mass is 10.1. The second-order valence-electron chi connectivity index (χ2n) is 4.65. The zero-order valence-corrected chi connectivity index (χ0v) is 10.5. The standard InChI is InChI=1S/C16H17NO/c1-17-15-11-12-7-5-6-10-14(12)16(15)18-13-8-3-2-4-9-13/h2-10,15-17H,11H2,1H3/t15-,16-/m1/s1. The first kappa shape index (κ1) is 11.3. The van der Waals surface area contributed by atoms with Crippen molar-refractivity contribution in [2.75, 3.05) is 7.05 Å². The number of fused-ring (bicyclic) bond motifs is 1. The van der Waals surface area contributed by atoms with E-state index in [0.29, 0.717) is 6.04 Å². The SMILES string of the molecule is CN[C@@H]1Cc2ccccc2[C@H]1Oc1ccccc1. The van der Waals surface area contributed by atoms with Gasteiger partial charge < -0.3 is 10.1 Å². The first-order valence-corrected chi connectivity index (χ1v) is 6.35. The highest BCUT2D eigenvalue weighted by Crippen LogP contribution is 2.34. The molecule has 0 fully saturated rings. The first-order chi connectivity index (χ1) is 8.88. The number of para-hydroxylation sites is 1. The topological polar surface area (TPSA) is 21.3 Å². The smallest absolute Gasteiger partial charge is 0.140 e. The molecule has 2 nitrogen and oxygen atoms in total. The fourth-order valence-electron chi connectivity index (χ4n) is 2.60. The van der Waals surface area contributed by atoms with Crippen LogP contribution < -0.4 is 10.1 Å². The summed E-state index contributed by atoms with van der Waals surface area (Å²) in [5.41, 5.74) is 2.69. The quantitative estimate of drug-likeness (QED) is 0.889. The predicted octanol–water partition coefficient (Wildman–Crippen LogP) is 2.95. The fourth-order valence-corrected chi connectivity index (χ4v) is 2.60. The van der Waals surface area contributed by atoms with Gasteiger partial charge >= 0.3 is 0 Å². The molecule has 0 saturated carbocycles.